The van der Waals surface area contributed by atoms with Crippen molar-refractivity contribution in [3.8, 4) is 0 Å². The average Bonchev–Trinajstić information content (AvgIpc) is 2.27. The Morgan fingerprint density at radius 3 is 3.45 bits per heavy atom. The fraction of sp³-hybridized carbons (Fsp3) is 0.571. The van der Waals surface area contributed by atoms with Gasteiger partial charge in [0.25, 0.3) is 0 Å². The molecule has 2 heterocycles. The maximum Gasteiger partial charge on any atom is 0.145 e. The predicted molar refractivity (Wildman–Crippen MR) is 42.9 cm³/mol. The number of rotatable bonds is 0. The summed E-state index contributed by atoms with van der Waals surface area (Å²) >= 11 is 0. The highest BCUT2D eigenvalue weighted by Crippen LogP contribution is 2.11. The molecule has 0 radical (unpaired) electrons. The molecule has 1 unspecified atom stereocenters. The molecule has 3 N–H and O–H groups in total. The van der Waals surface area contributed by atoms with E-state index in [1.165, 1.54) is 5.69 Å². The number of fused-ring (bicyclic) bond motifs is 1. The van der Waals surface area contributed by atoms with Crippen LogP contribution in [0.5, 0.6) is 0 Å². The van der Waals surface area contributed by atoms with Gasteiger partial charge in [-0.2, -0.15) is 5.10 Å². The third-order valence-electron chi connectivity index (χ3n) is 1.99. The molecule has 0 aliphatic carbocycles. The lowest BCUT2D eigenvalue weighted by Crippen LogP contribution is -2.36. The molecule has 1 aromatic heterocycles. The molecular weight excluding hydrogens is 140 g/mol. The summed E-state index contributed by atoms with van der Waals surface area (Å²) in [6.07, 6.45) is 1.02. The van der Waals surface area contributed by atoms with Gasteiger partial charge in [-0.15, -0.1) is 0 Å². The second-order valence-electron chi connectivity index (χ2n) is 3.03. The van der Waals surface area contributed by atoms with E-state index in [1.54, 1.807) is 0 Å². The summed E-state index contributed by atoms with van der Waals surface area (Å²) < 4.78 is 1.91. The van der Waals surface area contributed by atoms with Crippen LogP contribution in [0.2, 0.25) is 0 Å². The first-order valence-electron chi connectivity index (χ1n) is 3.81. The van der Waals surface area contributed by atoms with Crippen molar-refractivity contribution in [2.45, 2.75) is 26.1 Å². The van der Waals surface area contributed by atoms with Crippen LogP contribution in [0, 0.1) is 0 Å². The fourth-order valence-corrected chi connectivity index (χ4v) is 1.41. The van der Waals surface area contributed by atoms with Crippen molar-refractivity contribution in [2.75, 3.05) is 5.73 Å². The van der Waals surface area contributed by atoms with Gasteiger partial charge in [-0.3, -0.25) is 10.00 Å². The van der Waals surface area contributed by atoms with E-state index in [-0.39, 0.29) is 0 Å². The van der Waals surface area contributed by atoms with E-state index >= 15 is 0 Å². The van der Waals surface area contributed by atoms with Gasteiger partial charge >= 0.3 is 0 Å². The van der Waals surface area contributed by atoms with E-state index in [1.807, 2.05) is 10.7 Å². The van der Waals surface area contributed by atoms with Crippen molar-refractivity contribution in [1.29, 1.82) is 0 Å². The molecule has 0 saturated carbocycles. The summed E-state index contributed by atoms with van der Waals surface area (Å²) in [6.45, 7) is 2.94. The van der Waals surface area contributed by atoms with Gasteiger partial charge in [-0.05, 0) is 6.92 Å². The summed E-state index contributed by atoms with van der Waals surface area (Å²) in [6, 6.07) is 2.48. The maximum absolute atomic E-state index is 5.54. The Hall–Kier alpha value is -1.03. The van der Waals surface area contributed by atoms with Gasteiger partial charge in [0.1, 0.15) is 5.82 Å². The smallest absolute Gasteiger partial charge is 0.145 e. The summed E-state index contributed by atoms with van der Waals surface area (Å²) in [5.74, 6) is 0.621. The fourth-order valence-electron chi connectivity index (χ4n) is 1.41. The van der Waals surface area contributed by atoms with Crippen LogP contribution in [0.15, 0.2) is 6.07 Å². The topological polar surface area (TPSA) is 55.9 Å². The Morgan fingerprint density at radius 1 is 1.82 bits per heavy atom. The van der Waals surface area contributed by atoms with E-state index in [0.717, 1.165) is 13.1 Å². The average molecular weight is 152 g/mol. The number of nitrogens with two attached hydrogens (primary N) is 1. The number of hydrogen-bond donors (Lipinski definition) is 2. The van der Waals surface area contributed by atoms with Gasteiger partial charge < -0.3 is 5.73 Å². The molecule has 11 heavy (non-hydrogen) atoms. The molecule has 4 nitrogen and oxygen atoms in total. The van der Waals surface area contributed by atoms with Gasteiger partial charge in [-0.1, -0.05) is 0 Å². The van der Waals surface area contributed by atoms with Crippen LogP contribution < -0.4 is 11.1 Å². The third-order valence-corrected chi connectivity index (χ3v) is 1.99. The van der Waals surface area contributed by atoms with Gasteiger partial charge in [0.2, 0.25) is 0 Å². The molecule has 1 atom stereocenters. The lowest BCUT2D eigenvalue weighted by Gasteiger charge is -2.20. The highest BCUT2D eigenvalue weighted by Gasteiger charge is 2.14. The molecule has 60 valence electrons. The number of anilines is 1. The van der Waals surface area contributed by atoms with Crippen LogP contribution in [0.4, 0.5) is 5.82 Å². The first-order chi connectivity index (χ1) is 5.25. The van der Waals surface area contributed by atoms with E-state index in [4.69, 9.17) is 5.73 Å². The molecule has 0 aromatic carbocycles. The van der Waals surface area contributed by atoms with E-state index in [2.05, 4.69) is 17.3 Å². The molecule has 2 rings (SSSR count). The largest absolute Gasteiger partial charge is 0.382 e. The Labute approximate surface area is 65.4 Å². The SMILES string of the molecule is CC1Cc2cc(N)nn2CN1. The number of nitrogens with one attached hydrogen (secondary N) is 1. The zero-order valence-corrected chi connectivity index (χ0v) is 6.54. The van der Waals surface area contributed by atoms with Crippen LogP contribution in [-0.4, -0.2) is 15.8 Å². The standard InChI is InChI=1S/C7H12N4/c1-5-2-6-3-7(8)10-11(6)4-9-5/h3,5,9H,2,4H2,1H3,(H2,8,10). The van der Waals surface area contributed by atoms with Crippen molar-refractivity contribution < 1.29 is 0 Å². The number of nitrogens with zero attached hydrogens (tertiary/aromatic N) is 2. The summed E-state index contributed by atoms with van der Waals surface area (Å²) in [5.41, 5.74) is 6.77. The second-order valence-corrected chi connectivity index (χ2v) is 3.03. The molecule has 0 bridgehead atoms. The quantitative estimate of drug-likeness (QED) is 0.548. The Kier molecular flexibility index (Phi) is 1.35. The number of nitrogen functional groups attached to an aromatic ring is 1. The van der Waals surface area contributed by atoms with Crippen molar-refractivity contribution in [2.24, 2.45) is 0 Å². The van der Waals surface area contributed by atoms with Crippen molar-refractivity contribution in [1.82, 2.24) is 15.1 Å². The highest BCUT2D eigenvalue weighted by molar-refractivity contribution is 5.30. The predicted octanol–water partition coefficient (Wildman–Crippen LogP) is -0.0430. The molecule has 1 aliphatic rings. The minimum atomic E-state index is 0.540. The third kappa shape index (κ3) is 1.09. The van der Waals surface area contributed by atoms with Gasteiger partial charge in [0, 0.05) is 24.2 Å². The van der Waals surface area contributed by atoms with Crippen LogP contribution in [-0.2, 0) is 13.1 Å². The zero-order valence-electron chi connectivity index (χ0n) is 6.54. The van der Waals surface area contributed by atoms with Crippen molar-refractivity contribution in [3.63, 3.8) is 0 Å². The lowest BCUT2D eigenvalue weighted by atomic mass is 10.1. The molecule has 0 spiro atoms. The van der Waals surface area contributed by atoms with E-state index in [9.17, 15) is 0 Å². The van der Waals surface area contributed by atoms with Crippen LogP contribution in [0.3, 0.4) is 0 Å². The molecule has 4 heteroatoms. The van der Waals surface area contributed by atoms with Gasteiger partial charge in [0.15, 0.2) is 0 Å². The van der Waals surface area contributed by atoms with Crippen molar-refractivity contribution >= 4 is 5.82 Å². The van der Waals surface area contributed by atoms with E-state index in [0.29, 0.717) is 11.9 Å². The molecule has 0 amide bonds. The maximum atomic E-state index is 5.54. The molecular formula is C7H12N4. The first-order valence-corrected chi connectivity index (χ1v) is 3.81. The minimum absolute atomic E-state index is 0.540. The normalized spacial score (nSPS) is 23.2. The second kappa shape index (κ2) is 2.23. The number of aromatic nitrogens is 2. The minimum Gasteiger partial charge on any atom is -0.382 e. The first kappa shape index (κ1) is 6.67. The van der Waals surface area contributed by atoms with Crippen LogP contribution in [0.1, 0.15) is 12.6 Å². The van der Waals surface area contributed by atoms with Crippen LogP contribution >= 0.6 is 0 Å². The molecule has 0 fully saturated rings. The van der Waals surface area contributed by atoms with Crippen molar-refractivity contribution in [3.05, 3.63) is 11.8 Å². The lowest BCUT2D eigenvalue weighted by molar-refractivity contribution is 0.386. The van der Waals surface area contributed by atoms with Crippen LogP contribution in [0.25, 0.3) is 0 Å². The summed E-state index contributed by atoms with van der Waals surface area (Å²) in [5, 5.41) is 7.41. The van der Waals surface area contributed by atoms with Gasteiger partial charge in [-0.25, -0.2) is 0 Å². The summed E-state index contributed by atoms with van der Waals surface area (Å²) in [4.78, 5) is 0. The van der Waals surface area contributed by atoms with Gasteiger partial charge in [0.05, 0.1) is 6.67 Å². The Bertz CT molecular complexity index is 265. The highest BCUT2D eigenvalue weighted by atomic mass is 15.4. The zero-order chi connectivity index (χ0) is 7.84. The molecule has 1 aromatic rings. The molecule has 1 aliphatic heterocycles. The monoisotopic (exact) mass is 152 g/mol. The molecule has 0 saturated heterocycles. The Balaban J connectivity index is 2.34. The summed E-state index contributed by atoms with van der Waals surface area (Å²) in [7, 11) is 0. The Morgan fingerprint density at radius 2 is 2.64 bits per heavy atom. The van der Waals surface area contributed by atoms with E-state index < -0.39 is 0 Å². The number of hydrogen-bond acceptors (Lipinski definition) is 3.